The fraction of sp³-hybridized carbons (Fsp3) is 0.667. The molecule has 0 aliphatic rings. The number of carboxylic acid groups (broad SMARTS) is 1. The average Bonchev–Trinajstić information content (AvgIpc) is 2.88. The summed E-state index contributed by atoms with van der Waals surface area (Å²) in [7, 11) is 0. The molecule has 0 aromatic heterocycles. The molecule has 3 N–H and O–H groups in total. The summed E-state index contributed by atoms with van der Waals surface area (Å²) in [6.45, 7) is 13.5. The van der Waals surface area contributed by atoms with Crippen LogP contribution < -0.4 is 15.2 Å². The predicted octanol–water partition coefficient (Wildman–Crippen LogP) is 6.06. The van der Waals surface area contributed by atoms with Crippen molar-refractivity contribution in [2.45, 2.75) is 98.6 Å². The van der Waals surface area contributed by atoms with Gasteiger partial charge >= 0.3 is 24.2 Å². The van der Waals surface area contributed by atoms with Gasteiger partial charge in [0.15, 0.2) is 11.5 Å². The number of unbranched alkanes of at least 4 members (excludes halogenated alkanes) is 1. The van der Waals surface area contributed by atoms with E-state index in [1.54, 1.807) is 13.8 Å². The summed E-state index contributed by atoms with van der Waals surface area (Å²) in [5.74, 6) is -2.77. The highest BCUT2D eigenvalue weighted by Crippen LogP contribution is 2.37. The maximum absolute atomic E-state index is 12.5. The molecule has 232 valence electrons. The van der Waals surface area contributed by atoms with Crippen LogP contribution in [0.2, 0.25) is 0 Å². The second-order valence-electron chi connectivity index (χ2n) is 11.0. The molecule has 11 heteroatoms. The van der Waals surface area contributed by atoms with E-state index < -0.39 is 42.3 Å². The lowest BCUT2D eigenvalue weighted by atomic mass is 9.79. The van der Waals surface area contributed by atoms with Gasteiger partial charge in [-0.2, -0.15) is 0 Å². The molecule has 0 saturated carbocycles. The lowest BCUT2D eigenvalue weighted by molar-refractivity contribution is -0.151. The van der Waals surface area contributed by atoms with Crippen LogP contribution in [0.3, 0.4) is 0 Å². The highest BCUT2D eigenvalue weighted by Gasteiger charge is 2.36. The van der Waals surface area contributed by atoms with E-state index in [4.69, 9.17) is 29.4 Å². The molecular formula is C30H47NO10. The monoisotopic (exact) mass is 581 g/mol. The number of esters is 1. The molecule has 4 atom stereocenters. The van der Waals surface area contributed by atoms with Crippen molar-refractivity contribution in [1.29, 1.82) is 0 Å². The van der Waals surface area contributed by atoms with Crippen LogP contribution in [0.1, 0.15) is 92.1 Å². The summed E-state index contributed by atoms with van der Waals surface area (Å²) in [4.78, 5) is 49.0. The van der Waals surface area contributed by atoms with Crippen LogP contribution in [0.15, 0.2) is 18.2 Å². The van der Waals surface area contributed by atoms with E-state index in [2.05, 4.69) is 0 Å². The van der Waals surface area contributed by atoms with Crippen molar-refractivity contribution in [1.82, 2.24) is 0 Å². The molecule has 3 unspecified atom stereocenters. The van der Waals surface area contributed by atoms with Crippen LogP contribution in [0.4, 0.5) is 9.59 Å². The Morgan fingerprint density at radius 1 is 0.854 bits per heavy atom. The maximum Gasteiger partial charge on any atom is 0.513 e. The molecule has 1 aromatic rings. The molecule has 11 nitrogen and oxygen atoms in total. The summed E-state index contributed by atoms with van der Waals surface area (Å²) >= 11 is 0. The summed E-state index contributed by atoms with van der Waals surface area (Å²) in [6.07, 6.45) is 0.311. The first-order valence-corrected chi connectivity index (χ1v) is 14.3. The van der Waals surface area contributed by atoms with Crippen molar-refractivity contribution in [3.05, 3.63) is 23.8 Å². The lowest BCUT2D eigenvalue weighted by Gasteiger charge is -2.31. The second-order valence-corrected chi connectivity index (χ2v) is 11.0. The van der Waals surface area contributed by atoms with E-state index in [1.165, 1.54) is 18.2 Å². The summed E-state index contributed by atoms with van der Waals surface area (Å²) < 4.78 is 26.5. The molecule has 0 heterocycles. The molecule has 0 amide bonds. The number of aliphatic carboxylic acids is 1. The van der Waals surface area contributed by atoms with Gasteiger partial charge in [0.25, 0.3) is 0 Å². The van der Waals surface area contributed by atoms with Crippen LogP contribution in [-0.4, -0.2) is 54.7 Å². The van der Waals surface area contributed by atoms with Crippen molar-refractivity contribution in [2.24, 2.45) is 23.5 Å². The number of carbonyl (C=O) groups is 4. The van der Waals surface area contributed by atoms with Crippen molar-refractivity contribution >= 4 is 24.2 Å². The van der Waals surface area contributed by atoms with Gasteiger partial charge < -0.3 is 34.5 Å². The molecule has 1 aromatic carbocycles. The van der Waals surface area contributed by atoms with Crippen LogP contribution in [0, 0.1) is 17.8 Å². The Morgan fingerprint density at radius 3 is 1.88 bits per heavy atom. The Morgan fingerprint density at radius 2 is 1.39 bits per heavy atom. The SMILES string of the molecule is CCCCC(=O)OC(C)C(C)C(c1ccc(OC(=O)OCCC(C)C)c(OC(=O)OCCC(C)C)c1)[C@H](N)C(=O)O. The van der Waals surface area contributed by atoms with E-state index in [-0.39, 0.29) is 37.1 Å². The molecule has 0 bridgehead atoms. The third-order valence-corrected chi connectivity index (χ3v) is 6.60. The Balaban J connectivity index is 3.34. The van der Waals surface area contributed by atoms with Gasteiger partial charge in [-0.25, -0.2) is 9.59 Å². The zero-order chi connectivity index (χ0) is 31.1. The molecule has 41 heavy (non-hydrogen) atoms. The number of nitrogens with two attached hydrogens (primary N) is 1. The van der Waals surface area contributed by atoms with Gasteiger partial charge in [0.05, 0.1) is 13.2 Å². The number of rotatable bonds is 17. The summed E-state index contributed by atoms with van der Waals surface area (Å²) in [6, 6.07) is 2.86. The zero-order valence-corrected chi connectivity index (χ0v) is 25.3. The Labute approximate surface area is 243 Å². The number of benzene rings is 1. The second kappa shape index (κ2) is 18.2. The number of carbonyl (C=O) groups excluding carboxylic acids is 3. The van der Waals surface area contributed by atoms with Crippen molar-refractivity contribution < 1.29 is 48.0 Å². The van der Waals surface area contributed by atoms with Crippen LogP contribution in [0.5, 0.6) is 11.5 Å². The number of hydrogen-bond acceptors (Lipinski definition) is 10. The average molecular weight is 582 g/mol. The van der Waals surface area contributed by atoms with Crippen molar-refractivity contribution in [3.63, 3.8) is 0 Å². The summed E-state index contributed by atoms with van der Waals surface area (Å²) in [5, 5.41) is 9.77. The first kappa shape index (κ1) is 35.7. The Kier molecular flexibility index (Phi) is 15.8. The fourth-order valence-electron chi connectivity index (χ4n) is 3.87. The standard InChI is InChI=1S/C30H47NO10/c1-8-9-10-25(32)39-21(7)20(6)26(27(31)28(33)34)22-11-12-23(40-29(35)37-15-13-18(2)3)24(17-22)41-30(36)38-16-14-19(4)5/h11-12,17-21,26-27H,8-10,13-16,31H2,1-7H3,(H,33,34)/t20?,21?,26?,27-/m0/s1. The third-order valence-electron chi connectivity index (χ3n) is 6.60. The quantitative estimate of drug-likeness (QED) is 0.125. The Hall–Kier alpha value is -3.34. The minimum atomic E-state index is -1.39. The molecule has 0 aliphatic heterocycles. The summed E-state index contributed by atoms with van der Waals surface area (Å²) in [5.41, 5.74) is 6.48. The molecule has 0 spiro atoms. The topological polar surface area (TPSA) is 161 Å². The normalized spacial score (nSPS) is 14.1. The molecule has 1 rings (SSSR count). The number of carboxylic acids is 1. The number of ether oxygens (including phenoxy) is 5. The molecule has 0 aliphatic carbocycles. The fourth-order valence-corrected chi connectivity index (χ4v) is 3.87. The van der Waals surface area contributed by atoms with Gasteiger partial charge in [0, 0.05) is 18.3 Å². The van der Waals surface area contributed by atoms with Crippen molar-refractivity contribution in [2.75, 3.05) is 13.2 Å². The number of hydrogen-bond donors (Lipinski definition) is 2. The highest BCUT2D eigenvalue weighted by atomic mass is 16.7. The van der Waals surface area contributed by atoms with Gasteiger partial charge in [-0.15, -0.1) is 0 Å². The van der Waals surface area contributed by atoms with E-state index >= 15 is 0 Å². The lowest BCUT2D eigenvalue weighted by Crippen LogP contribution is -2.42. The van der Waals surface area contributed by atoms with Gasteiger partial charge in [-0.05, 0) is 55.7 Å². The van der Waals surface area contributed by atoms with Gasteiger partial charge in [-0.1, -0.05) is 54.0 Å². The molecule has 0 fully saturated rings. The molecule has 0 radical (unpaired) electrons. The zero-order valence-electron chi connectivity index (χ0n) is 25.3. The maximum atomic E-state index is 12.5. The predicted molar refractivity (Wildman–Crippen MR) is 152 cm³/mol. The van der Waals surface area contributed by atoms with Gasteiger partial charge in [0.1, 0.15) is 12.1 Å². The van der Waals surface area contributed by atoms with E-state index in [9.17, 15) is 24.3 Å². The Bertz CT molecular complexity index is 993. The van der Waals surface area contributed by atoms with Crippen LogP contribution in [0.25, 0.3) is 0 Å². The van der Waals surface area contributed by atoms with E-state index in [1.807, 2.05) is 34.6 Å². The smallest absolute Gasteiger partial charge is 0.480 e. The van der Waals surface area contributed by atoms with E-state index in [0.29, 0.717) is 36.7 Å². The van der Waals surface area contributed by atoms with Crippen molar-refractivity contribution in [3.8, 4) is 11.5 Å². The first-order chi connectivity index (χ1) is 19.3. The minimum absolute atomic E-state index is 0.119. The minimum Gasteiger partial charge on any atom is -0.480 e. The van der Waals surface area contributed by atoms with E-state index in [0.717, 1.165) is 6.42 Å². The van der Waals surface area contributed by atoms with Gasteiger partial charge in [-0.3, -0.25) is 9.59 Å². The molecule has 0 saturated heterocycles. The van der Waals surface area contributed by atoms with Crippen LogP contribution >= 0.6 is 0 Å². The van der Waals surface area contributed by atoms with Crippen LogP contribution in [-0.2, 0) is 23.8 Å². The highest BCUT2D eigenvalue weighted by molar-refractivity contribution is 5.75. The van der Waals surface area contributed by atoms with Gasteiger partial charge in [0.2, 0.25) is 0 Å². The largest absolute Gasteiger partial charge is 0.513 e. The first-order valence-electron chi connectivity index (χ1n) is 14.3. The third kappa shape index (κ3) is 13.2. The molecular weight excluding hydrogens is 534 g/mol.